The monoisotopic (exact) mass is 717 g/mol. The van der Waals surface area contributed by atoms with Gasteiger partial charge in [-0.1, -0.05) is 133 Å². The van der Waals surface area contributed by atoms with E-state index in [9.17, 15) is 0 Å². The van der Waals surface area contributed by atoms with E-state index in [1.165, 1.54) is 114 Å². The number of aryl methyl sites for hydroxylation is 4. The number of ether oxygens (including phenoxy) is 2. The summed E-state index contributed by atoms with van der Waals surface area (Å²) < 4.78 is 12.9. The highest BCUT2D eigenvalue weighted by Gasteiger charge is 2.39. The molecule has 0 spiro atoms. The SMILES string of the molecule is CCCCCCCCCCCCCCCC1CCC(c2cc(C)c(Oc3cccc(N)c3)c(C)c2)(c2cc(C)c(Oc3cccc(N)c3)c(C)c2)CC1. The molecular weight excluding hydrogens is 649 g/mol. The van der Waals surface area contributed by atoms with Gasteiger partial charge in [-0.25, -0.2) is 0 Å². The van der Waals surface area contributed by atoms with Gasteiger partial charge in [0, 0.05) is 28.9 Å². The van der Waals surface area contributed by atoms with Crippen LogP contribution in [0.15, 0.2) is 72.8 Å². The molecule has 4 N–H and O–H groups in total. The summed E-state index contributed by atoms with van der Waals surface area (Å²) in [5, 5.41) is 0. The number of hydrogen-bond donors (Lipinski definition) is 2. The molecule has 0 heterocycles. The Hall–Kier alpha value is -3.92. The van der Waals surface area contributed by atoms with Gasteiger partial charge in [0.1, 0.15) is 23.0 Å². The molecule has 286 valence electrons. The molecule has 0 radical (unpaired) electrons. The second-order valence-electron chi connectivity index (χ2n) is 16.3. The first kappa shape index (κ1) is 40.3. The molecule has 1 aliphatic rings. The van der Waals surface area contributed by atoms with Crippen LogP contribution in [0.5, 0.6) is 23.0 Å². The Morgan fingerprint density at radius 1 is 0.528 bits per heavy atom. The molecule has 0 bridgehead atoms. The van der Waals surface area contributed by atoms with E-state index in [0.717, 1.165) is 64.0 Å². The highest BCUT2D eigenvalue weighted by atomic mass is 16.5. The molecule has 1 saturated carbocycles. The fourth-order valence-corrected chi connectivity index (χ4v) is 8.82. The van der Waals surface area contributed by atoms with Gasteiger partial charge in [0.25, 0.3) is 0 Å². The maximum Gasteiger partial charge on any atom is 0.133 e. The maximum absolute atomic E-state index is 6.45. The second kappa shape index (κ2) is 20.0. The van der Waals surface area contributed by atoms with E-state index in [0.29, 0.717) is 11.4 Å². The number of hydrogen-bond acceptors (Lipinski definition) is 4. The average Bonchev–Trinajstić information content (AvgIpc) is 3.13. The van der Waals surface area contributed by atoms with E-state index in [-0.39, 0.29) is 5.41 Å². The first-order valence-electron chi connectivity index (χ1n) is 21.0. The van der Waals surface area contributed by atoms with E-state index >= 15 is 0 Å². The van der Waals surface area contributed by atoms with Gasteiger partial charge in [-0.2, -0.15) is 0 Å². The van der Waals surface area contributed by atoms with Gasteiger partial charge >= 0.3 is 0 Å². The molecule has 0 atom stereocenters. The summed E-state index contributed by atoms with van der Waals surface area (Å²) >= 11 is 0. The van der Waals surface area contributed by atoms with Crippen molar-refractivity contribution in [3.05, 3.63) is 106 Å². The Bertz CT molecular complexity index is 1580. The summed E-state index contributed by atoms with van der Waals surface area (Å²) in [6.07, 6.45) is 24.5. The van der Waals surface area contributed by atoms with Crippen LogP contribution in [-0.4, -0.2) is 0 Å². The fourth-order valence-electron chi connectivity index (χ4n) is 8.82. The predicted molar refractivity (Wildman–Crippen MR) is 227 cm³/mol. The van der Waals surface area contributed by atoms with Crippen LogP contribution in [0.3, 0.4) is 0 Å². The Balaban J connectivity index is 1.26. The second-order valence-corrected chi connectivity index (χ2v) is 16.3. The Labute approximate surface area is 322 Å². The van der Waals surface area contributed by atoms with Crippen LogP contribution < -0.4 is 20.9 Å². The maximum atomic E-state index is 6.45. The van der Waals surface area contributed by atoms with Crippen molar-refractivity contribution in [3.8, 4) is 23.0 Å². The van der Waals surface area contributed by atoms with Gasteiger partial charge in [-0.05, 0) is 117 Å². The van der Waals surface area contributed by atoms with Crippen LogP contribution >= 0.6 is 0 Å². The third kappa shape index (κ3) is 11.3. The number of benzene rings is 4. The number of rotatable bonds is 20. The molecule has 4 heteroatoms. The smallest absolute Gasteiger partial charge is 0.133 e. The van der Waals surface area contributed by atoms with Crippen molar-refractivity contribution in [2.45, 2.75) is 156 Å². The van der Waals surface area contributed by atoms with Crippen LogP contribution in [0.1, 0.15) is 156 Å². The van der Waals surface area contributed by atoms with Crippen LogP contribution in [0.25, 0.3) is 0 Å². The summed E-state index contributed by atoms with van der Waals surface area (Å²) in [5.74, 6) is 4.19. The van der Waals surface area contributed by atoms with Gasteiger partial charge in [0.05, 0.1) is 0 Å². The average molecular weight is 717 g/mol. The van der Waals surface area contributed by atoms with Gasteiger partial charge < -0.3 is 20.9 Å². The molecule has 0 aliphatic heterocycles. The molecule has 0 aromatic heterocycles. The lowest BCUT2D eigenvalue weighted by molar-refractivity contribution is 0.249. The summed E-state index contributed by atoms with van der Waals surface area (Å²) in [7, 11) is 0. The molecule has 0 amide bonds. The molecule has 5 rings (SSSR count). The van der Waals surface area contributed by atoms with Gasteiger partial charge in [0.2, 0.25) is 0 Å². The van der Waals surface area contributed by atoms with Crippen molar-refractivity contribution in [3.63, 3.8) is 0 Å². The quantitative estimate of drug-likeness (QED) is 0.0705. The third-order valence-electron chi connectivity index (χ3n) is 11.9. The zero-order chi connectivity index (χ0) is 37.6. The highest BCUT2D eigenvalue weighted by Crippen LogP contribution is 2.50. The van der Waals surface area contributed by atoms with Crippen LogP contribution in [0.2, 0.25) is 0 Å². The minimum Gasteiger partial charge on any atom is -0.457 e. The summed E-state index contributed by atoms with van der Waals surface area (Å²) in [4.78, 5) is 0. The summed E-state index contributed by atoms with van der Waals surface area (Å²) in [6.45, 7) is 11.0. The molecule has 1 fully saturated rings. The van der Waals surface area contributed by atoms with Crippen molar-refractivity contribution < 1.29 is 9.47 Å². The van der Waals surface area contributed by atoms with Gasteiger partial charge in [0.15, 0.2) is 0 Å². The molecule has 53 heavy (non-hydrogen) atoms. The molecular formula is C49H68N2O2. The van der Waals surface area contributed by atoms with Crippen molar-refractivity contribution >= 4 is 11.4 Å². The van der Waals surface area contributed by atoms with Crippen molar-refractivity contribution in [2.75, 3.05) is 11.5 Å². The number of nitrogens with two attached hydrogens (primary N) is 2. The summed E-state index contributed by atoms with van der Waals surface area (Å²) in [5.41, 5.74) is 20.9. The molecule has 1 aliphatic carbocycles. The van der Waals surface area contributed by atoms with Crippen molar-refractivity contribution in [1.29, 1.82) is 0 Å². The standard InChI is InChI=1S/C49H68N2O2/c1-6-7-8-9-10-11-12-13-14-15-16-17-18-21-40-26-28-49(29-27-40,41-30-36(2)47(37(3)31-41)52-45-24-19-22-43(50)34-45)42-32-38(4)48(39(5)33-42)53-46-25-20-23-44(51)35-46/h19-20,22-25,30-35,40H,6-18,21,26-29,50-51H2,1-5H3. The molecule has 0 unspecified atom stereocenters. The molecule has 4 aromatic carbocycles. The van der Waals surface area contributed by atoms with Crippen molar-refractivity contribution in [1.82, 2.24) is 0 Å². The lowest BCUT2D eigenvalue weighted by atomic mass is 9.62. The largest absolute Gasteiger partial charge is 0.457 e. The first-order chi connectivity index (χ1) is 25.7. The lowest BCUT2D eigenvalue weighted by Crippen LogP contribution is -2.33. The molecule has 4 aromatic rings. The topological polar surface area (TPSA) is 70.5 Å². The highest BCUT2D eigenvalue weighted by molar-refractivity contribution is 5.55. The van der Waals surface area contributed by atoms with E-state index in [1.807, 2.05) is 48.5 Å². The Kier molecular flexibility index (Phi) is 15.2. The summed E-state index contributed by atoms with van der Waals surface area (Å²) in [6, 6.07) is 25.0. The van der Waals surface area contributed by atoms with E-state index in [4.69, 9.17) is 20.9 Å². The normalized spacial score (nSPS) is 14.4. The zero-order valence-corrected chi connectivity index (χ0v) is 33.7. The van der Waals surface area contributed by atoms with E-state index in [2.05, 4.69) is 58.9 Å². The molecule has 4 nitrogen and oxygen atoms in total. The minimum atomic E-state index is -0.0665. The van der Waals surface area contributed by atoms with Gasteiger partial charge in [-0.3, -0.25) is 0 Å². The number of unbranched alkanes of at least 4 members (excludes halogenated alkanes) is 12. The Morgan fingerprint density at radius 3 is 1.28 bits per heavy atom. The fraction of sp³-hybridized carbons (Fsp3) is 0.510. The van der Waals surface area contributed by atoms with E-state index < -0.39 is 0 Å². The first-order valence-corrected chi connectivity index (χ1v) is 21.0. The predicted octanol–water partition coefficient (Wildman–Crippen LogP) is 14.6. The zero-order valence-electron chi connectivity index (χ0n) is 33.7. The van der Waals surface area contributed by atoms with Crippen LogP contribution in [0.4, 0.5) is 11.4 Å². The van der Waals surface area contributed by atoms with Crippen LogP contribution in [0, 0.1) is 33.6 Å². The number of anilines is 2. The minimum absolute atomic E-state index is 0.0665. The van der Waals surface area contributed by atoms with Gasteiger partial charge in [-0.15, -0.1) is 0 Å². The van der Waals surface area contributed by atoms with Crippen LogP contribution in [-0.2, 0) is 5.41 Å². The van der Waals surface area contributed by atoms with Crippen molar-refractivity contribution in [2.24, 2.45) is 5.92 Å². The Morgan fingerprint density at radius 2 is 0.906 bits per heavy atom. The lowest BCUT2D eigenvalue weighted by Gasteiger charge is -2.42. The third-order valence-corrected chi connectivity index (χ3v) is 11.9. The number of nitrogen functional groups attached to an aromatic ring is 2. The molecule has 0 saturated heterocycles. The van der Waals surface area contributed by atoms with E-state index in [1.54, 1.807) is 0 Å².